The van der Waals surface area contributed by atoms with Crippen molar-refractivity contribution in [1.29, 1.82) is 0 Å². The Labute approximate surface area is 119 Å². The van der Waals surface area contributed by atoms with E-state index in [-0.39, 0.29) is 11.5 Å². The van der Waals surface area contributed by atoms with Gasteiger partial charge in [0, 0.05) is 37.3 Å². The number of Topliss-reactive ketones (excluding diaryl/α,β-unsaturated/α-hetero) is 1. The van der Waals surface area contributed by atoms with E-state index in [9.17, 15) is 9.59 Å². The second-order valence-corrected chi connectivity index (χ2v) is 5.57. The first-order valence-electron chi connectivity index (χ1n) is 7.41. The van der Waals surface area contributed by atoms with Crippen molar-refractivity contribution < 1.29 is 4.79 Å². The molecular formula is C15H23N3O2. The van der Waals surface area contributed by atoms with Gasteiger partial charge in [-0.1, -0.05) is 6.92 Å². The third-order valence-corrected chi connectivity index (χ3v) is 4.26. The summed E-state index contributed by atoms with van der Waals surface area (Å²) in [6.45, 7) is 5.51. The molecule has 0 spiro atoms. The molecule has 1 saturated heterocycles. The van der Waals surface area contributed by atoms with Crippen LogP contribution in [0.2, 0.25) is 0 Å². The molecule has 1 fully saturated rings. The average molecular weight is 277 g/mol. The Morgan fingerprint density at radius 1 is 1.45 bits per heavy atom. The van der Waals surface area contributed by atoms with Crippen LogP contribution in [0.5, 0.6) is 0 Å². The number of carbonyl (C=O) groups excluding carboxylic acids is 1. The largest absolute Gasteiger partial charge is 0.326 e. The maximum atomic E-state index is 11.9. The predicted octanol–water partition coefficient (Wildman–Crippen LogP) is 1.74. The van der Waals surface area contributed by atoms with Crippen molar-refractivity contribution in [3.8, 4) is 0 Å². The summed E-state index contributed by atoms with van der Waals surface area (Å²) in [5.74, 6) is 0.559. The normalized spacial score (nSPS) is 24.3. The number of ketones is 1. The van der Waals surface area contributed by atoms with Crippen LogP contribution in [-0.2, 0) is 11.3 Å². The van der Waals surface area contributed by atoms with Gasteiger partial charge in [-0.2, -0.15) is 0 Å². The molecule has 0 aliphatic carbocycles. The average Bonchev–Trinajstić information content (AvgIpc) is 2.63. The van der Waals surface area contributed by atoms with Gasteiger partial charge < -0.3 is 4.98 Å². The maximum absolute atomic E-state index is 11.9. The molecule has 0 radical (unpaired) electrons. The van der Waals surface area contributed by atoms with Crippen LogP contribution in [0.3, 0.4) is 0 Å². The van der Waals surface area contributed by atoms with E-state index in [0.717, 1.165) is 25.8 Å². The number of carbonyl (C=O) groups is 1. The van der Waals surface area contributed by atoms with Gasteiger partial charge in [-0.25, -0.2) is 0 Å². The predicted molar refractivity (Wildman–Crippen MR) is 77.4 cm³/mol. The van der Waals surface area contributed by atoms with Crippen molar-refractivity contribution in [2.24, 2.45) is 5.92 Å². The van der Waals surface area contributed by atoms with Crippen molar-refractivity contribution in [1.82, 2.24) is 14.9 Å². The minimum Gasteiger partial charge on any atom is -0.326 e. The summed E-state index contributed by atoms with van der Waals surface area (Å²) in [5.41, 5.74) is 0.435. The SMILES string of the molecule is CCC(=O)C1CCC(C)N(Cc2ncc[nH]c2=O)CC1. The first-order valence-corrected chi connectivity index (χ1v) is 7.41. The Hall–Kier alpha value is -1.49. The van der Waals surface area contributed by atoms with Crippen LogP contribution in [0.1, 0.15) is 45.2 Å². The van der Waals surface area contributed by atoms with E-state index in [2.05, 4.69) is 21.8 Å². The Morgan fingerprint density at radius 3 is 2.95 bits per heavy atom. The number of aromatic amines is 1. The minimum absolute atomic E-state index is 0.120. The molecule has 2 rings (SSSR count). The highest BCUT2D eigenvalue weighted by molar-refractivity contribution is 5.80. The number of nitrogens with zero attached hydrogens (tertiary/aromatic N) is 2. The zero-order chi connectivity index (χ0) is 14.5. The zero-order valence-electron chi connectivity index (χ0n) is 12.3. The number of likely N-dealkylation sites (tertiary alicyclic amines) is 1. The fraction of sp³-hybridized carbons (Fsp3) is 0.667. The van der Waals surface area contributed by atoms with Gasteiger partial charge in [0.1, 0.15) is 11.5 Å². The van der Waals surface area contributed by atoms with Crippen LogP contribution in [0, 0.1) is 5.92 Å². The van der Waals surface area contributed by atoms with E-state index in [0.29, 0.717) is 30.5 Å². The van der Waals surface area contributed by atoms with Gasteiger partial charge >= 0.3 is 0 Å². The Kier molecular flexibility index (Phi) is 5.06. The van der Waals surface area contributed by atoms with Crippen molar-refractivity contribution in [2.45, 2.75) is 52.1 Å². The summed E-state index contributed by atoms with van der Waals surface area (Å²) in [7, 11) is 0. The summed E-state index contributed by atoms with van der Waals surface area (Å²) in [5, 5.41) is 0. The monoisotopic (exact) mass is 277 g/mol. The molecule has 5 nitrogen and oxygen atoms in total. The molecule has 1 aliphatic rings. The topological polar surface area (TPSA) is 66.1 Å². The van der Waals surface area contributed by atoms with E-state index in [1.165, 1.54) is 0 Å². The van der Waals surface area contributed by atoms with Gasteiger partial charge in [0.2, 0.25) is 0 Å². The lowest BCUT2D eigenvalue weighted by atomic mass is 9.93. The zero-order valence-corrected chi connectivity index (χ0v) is 12.3. The fourth-order valence-electron chi connectivity index (χ4n) is 2.84. The summed E-state index contributed by atoms with van der Waals surface area (Å²) >= 11 is 0. The van der Waals surface area contributed by atoms with Gasteiger partial charge in [0.25, 0.3) is 5.56 Å². The van der Waals surface area contributed by atoms with E-state index in [1.54, 1.807) is 12.4 Å². The van der Waals surface area contributed by atoms with Crippen LogP contribution in [-0.4, -0.2) is 33.2 Å². The minimum atomic E-state index is -0.120. The first kappa shape index (κ1) is 14.9. The number of nitrogens with one attached hydrogen (secondary N) is 1. The van der Waals surface area contributed by atoms with Crippen LogP contribution >= 0.6 is 0 Å². The molecule has 0 amide bonds. The number of hydrogen-bond acceptors (Lipinski definition) is 4. The molecule has 0 bridgehead atoms. The molecule has 1 aromatic rings. The van der Waals surface area contributed by atoms with Gasteiger partial charge in [-0.05, 0) is 32.7 Å². The van der Waals surface area contributed by atoms with Crippen LogP contribution < -0.4 is 5.56 Å². The lowest BCUT2D eigenvalue weighted by molar-refractivity contribution is -0.122. The smallest absolute Gasteiger partial charge is 0.270 e. The summed E-state index contributed by atoms with van der Waals surface area (Å²) in [6, 6.07) is 0.381. The lowest BCUT2D eigenvalue weighted by Gasteiger charge is -2.25. The van der Waals surface area contributed by atoms with E-state index >= 15 is 0 Å². The second kappa shape index (κ2) is 6.79. The summed E-state index contributed by atoms with van der Waals surface area (Å²) in [6.07, 6.45) is 6.64. The quantitative estimate of drug-likeness (QED) is 0.910. The fourth-order valence-corrected chi connectivity index (χ4v) is 2.84. The molecule has 20 heavy (non-hydrogen) atoms. The van der Waals surface area contributed by atoms with Crippen molar-refractivity contribution in [2.75, 3.05) is 6.54 Å². The molecule has 0 aromatic carbocycles. The van der Waals surface area contributed by atoms with E-state index in [4.69, 9.17) is 0 Å². The third kappa shape index (κ3) is 3.54. The van der Waals surface area contributed by atoms with Gasteiger partial charge in [-0.15, -0.1) is 0 Å². The van der Waals surface area contributed by atoms with Crippen molar-refractivity contribution in [3.63, 3.8) is 0 Å². The van der Waals surface area contributed by atoms with Crippen molar-refractivity contribution in [3.05, 3.63) is 28.4 Å². The number of aromatic nitrogens is 2. The second-order valence-electron chi connectivity index (χ2n) is 5.57. The van der Waals surface area contributed by atoms with Gasteiger partial charge in [0.15, 0.2) is 0 Å². The molecule has 110 valence electrons. The molecule has 1 N–H and O–H groups in total. The Bertz CT molecular complexity index is 512. The maximum Gasteiger partial charge on any atom is 0.270 e. The molecule has 0 saturated carbocycles. The highest BCUT2D eigenvalue weighted by Gasteiger charge is 2.26. The molecule has 2 unspecified atom stereocenters. The third-order valence-electron chi connectivity index (χ3n) is 4.26. The highest BCUT2D eigenvalue weighted by atomic mass is 16.1. The highest BCUT2D eigenvalue weighted by Crippen LogP contribution is 2.24. The Balaban J connectivity index is 2.04. The molecular weight excluding hydrogens is 254 g/mol. The van der Waals surface area contributed by atoms with Gasteiger partial charge in [0.05, 0.1) is 0 Å². The number of hydrogen-bond donors (Lipinski definition) is 1. The van der Waals surface area contributed by atoms with E-state index in [1.807, 2.05) is 6.92 Å². The van der Waals surface area contributed by atoms with Gasteiger partial charge in [-0.3, -0.25) is 19.5 Å². The van der Waals surface area contributed by atoms with Crippen LogP contribution in [0.25, 0.3) is 0 Å². The van der Waals surface area contributed by atoms with Crippen LogP contribution in [0.4, 0.5) is 0 Å². The first-order chi connectivity index (χ1) is 9.61. The van der Waals surface area contributed by atoms with Crippen molar-refractivity contribution >= 4 is 5.78 Å². The molecule has 2 atom stereocenters. The molecule has 1 aliphatic heterocycles. The number of rotatable bonds is 4. The molecule has 2 heterocycles. The summed E-state index contributed by atoms with van der Waals surface area (Å²) < 4.78 is 0. The number of H-pyrrole nitrogens is 1. The molecule has 5 heteroatoms. The standard InChI is InChI=1S/C15H23N3O2/c1-3-14(19)12-5-4-11(2)18(9-6-12)10-13-15(20)17-8-7-16-13/h7-8,11-12H,3-6,9-10H2,1-2H3,(H,17,20). The Morgan fingerprint density at radius 2 is 2.25 bits per heavy atom. The lowest BCUT2D eigenvalue weighted by Crippen LogP contribution is -2.34. The summed E-state index contributed by atoms with van der Waals surface area (Å²) in [4.78, 5) is 32.6. The van der Waals surface area contributed by atoms with E-state index < -0.39 is 0 Å². The van der Waals surface area contributed by atoms with Crippen LogP contribution in [0.15, 0.2) is 17.2 Å². The molecule has 1 aromatic heterocycles.